The summed E-state index contributed by atoms with van der Waals surface area (Å²) in [5.41, 5.74) is 2.50. The number of para-hydroxylation sites is 1. The van der Waals surface area contributed by atoms with Crippen LogP contribution in [0.15, 0.2) is 47.0 Å². The lowest BCUT2D eigenvalue weighted by atomic mass is 9.80. The molecule has 2 heterocycles. The number of rotatable bonds is 3. The Bertz CT molecular complexity index is 1030. The minimum atomic E-state index is -0.231. The maximum atomic E-state index is 9.40. The zero-order valence-electron chi connectivity index (χ0n) is 15.2. The van der Waals surface area contributed by atoms with E-state index >= 15 is 0 Å². The number of nitriles is 3. The van der Waals surface area contributed by atoms with Crippen molar-refractivity contribution in [1.82, 2.24) is 0 Å². The number of hydrogen-bond acceptors (Lipinski definition) is 6. The molecule has 138 valence electrons. The predicted octanol–water partition coefficient (Wildman–Crippen LogP) is 5.13. The van der Waals surface area contributed by atoms with E-state index in [4.69, 9.17) is 15.3 Å². The van der Waals surface area contributed by atoms with E-state index < -0.39 is 0 Å². The number of ether oxygens (including phenoxy) is 1. The molecule has 1 fully saturated rings. The van der Waals surface area contributed by atoms with E-state index in [1.54, 1.807) is 23.5 Å². The second-order valence-corrected chi connectivity index (χ2v) is 7.93. The lowest BCUT2D eigenvalue weighted by Crippen LogP contribution is -2.32. The van der Waals surface area contributed by atoms with Gasteiger partial charge in [0.05, 0.1) is 6.10 Å². The van der Waals surface area contributed by atoms with E-state index in [1.807, 2.05) is 30.3 Å². The summed E-state index contributed by atoms with van der Waals surface area (Å²) in [6.45, 7) is 0. The molecule has 4 rings (SSSR count). The summed E-state index contributed by atoms with van der Waals surface area (Å²) in [5, 5.41) is 32.7. The van der Waals surface area contributed by atoms with Crippen molar-refractivity contribution in [2.45, 2.75) is 43.8 Å². The van der Waals surface area contributed by atoms with Gasteiger partial charge in [0.2, 0.25) is 0 Å². The van der Waals surface area contributed by atoms with Crippen LogP contribution in [0.4, 0.5) is 5.69 Å². The van der Waals surface area contributed by atoms with Crippen molar-refractivity contribution in [2.24, 2.45) is 0 Å². The van der Waals surface area contributed by atoms with Gasteiger partial charge in [-0.3, -0.25) is 0 Å². The molecule has 3 atom stereocenters. The highest BCUT2D eigenvalue weighted by atomic mass is 32.1. The second kappa shape index (κ2) is 7.87. The summed E-state index contributed by atoms with van der Waals surface area (Å²) in [4.78, 5) is 1.40. The first-order chi connectivity index (χ1) is 13.8. The van der Waals surface area contributed by atoms with Crippen LogP contribution in [-0.4, -0.2) is 6.10 Å². The predicted molar refractivity (Wildman–Crippen MR) is 106 cm³/mol. The summed E-state index contributed by atoms with van der Waals surface area (Å²) in [7, 11) is 0. The molecule has 1 N–H and O–H groups in total. The highest BCUT2D eigenvalue weighted by Crippen LogP contribution is 2.49. The van der Waals surface area contributed by atoms with E-state index in [2.05, 4.69) is 16.8 Å². The zero-order valence-corrected chi connectivity index (χ0v) is 16.0. The van der Waals surface area contributed by atoms with Crippen LogP contribution in [0.1, 0.15) is 53.7 Å². The number of thiophene rings is 1. The third-order valence-electron chi connectivity index (χ3n) is 5.45. The quantitative estimate of drug-likeness (QED) is 0.738. The first kappa shape index (κ1) is 18.3. The molecule has 0 spiro atoms. The van der Waals surface area contributed by atoms with Gasteiger partial charge in [0.25, 0.3) is 0 Å². The van der Waals surface area contributed by atoms with Crippen molar-refractivity contribution < 1.29 is 4.74 Å². The fraction of sp³-hybridized carbons (Fsp3) is 0.318. The maximum absolute atomic E-state index is 9.40. The van der Waals surface area contributed by atoms with E-state index in [-0.39, 0.29) is 23.5 Å². The lowest BCUT2D eigenvalue weighted by molar-refractivity contribution is -0.0371. The third kappa shape index (κ3) is 3.16. The summed E-state index contributed by atoms with van der Waals surface area (Å²) >= 11 is 1.80. The highest BCUT2D eigenvalue weighted by molar-refractivity contribution is 7.10. The van der Waals surface area contributed by atoms with E-state index in [0.29, 0.717) is 11.6 Å². The second-order valence-electron chi connectivity index (χ2n) is 6.98. The molecule has 6 heteroatoms. The Morgan fingerprint density at radius 3 is 2.57 bits per heavy atom. The number of fused-ring (bicyclic) bond motifs is 3. The molecule has 1 saturated carbocycles. The van der Waals surface area contributed by atoms with E-state index in [1.165, 1.54) is 29.7 Å². The van der Waals surface area contributed by atoms with Gasteiger partial charge in [0.15, 0.2) is 5.57 Å². The smallest absolute Gasteiger partial charge is 0.163 e. The minimum Gasteiger partial charge on any atom is -0.365 e. The summed E-state index contributed by atoms with van der Waals surface area (Å²) in [6.07, 6.45) is 4.63. The van der Waals surface area contributed by atoms with Gasteiger partial charge in [-0.05, 0) is 35.9 Å². The number of hydrogen-bond donors (Lipinski definition) is 1. The van der Waals surface area contributed by atoms with Gasteiger partial charge >= 0.3 is 0 Å². The summed E-state index contributed by atoms with van der Waals surface area (Å²) in [6, 6.07) is 15.2. The molecule has 2 aliphatic rings. The summed E-state index contributed by atoms with van der Waals surface area (Å²) in [5.74, 6) is 0.471. The molecule has 1 aliphatic heterocycles. The molecule has 2 aromatic rings. The fourth-order valence-electron chi connectivity index (χ4n) is 4.15. The number of nitrogens with one attached hydrogen (secondary N) is 1. The first-order valence-corrected chi connectivity index (χ1v) is 10.2. The molecular formula is C22H18N4OS. The van der Waals surface area contributed by atoms with Crippen molar-refractivity contribution in [1.29, 1.82) is 15.8 Å². The lowest BCUT2D eigenvalue weighted by Gasteiger charge is -2.40. The van der Waals surface area contributed by atoms with E-state index in [0.717, 1.165) is 12.0 Å². The third-order valence-corrected chi connectivity index (χ3v) is 6.51. The van der Waals surface area contributed by atoms with Crippen molar-refractivity contribution in [3.05, 3.63) is 63.0 Å². The Kier molecular flexibility index (Phi) is 5.13. The zero-order chi connectivity index (χ0) is 19.5. The van der Waals surface area contributed by atoms with Crippen molar-refractivity contribution >= 4 is 17.0 Å². The van der Waals surface area contributed by atoms with E-state index in [9.17, 15) is 5.26 Å². The van der Waals surface area contributed by atoms with Gasteiger partial charge in [-0.1, -0.05) is 31.0 Å². The standard InChI is InChI=1S/C22H18N4OS/c23-11-14(12-24)19(13-25)26-18-7-3-1-5-15(18)21-17-9-10-28-22(17)16-6-2-4-8-20(16)27-21/h1,3,5,7,9-10,16,20-21,26H,2,4,6,8H2. The maximum Gasteiger partial charge on any atom is 0.163 e. The molecule has 28 heavy (non-hydrogen) atoms. The normalized spacial score (nSPS) is 22.5. The Hall–Kier alpha value is -3.11. The monoisotopic (exact) mass is 386 g/mol. The van der Waals surface area contributed by atoms with Crippen molar-refractivity contribution in [2.75, 3.05) is 5.32 Å². The molecule has 0 saturated heterocycles. The SMILES string of the molecule is N#CC(C#N)=C(C#N)Nc1ccccc1C1OC2CCCCC2c2sccc21. The molecular weight excluding hydrogens is 368 g/mol. The molecule has 3 unspecified atom stereocenters. The topological polar surface area (TPSA) is 92.6 Å². The Morgan fingerprint density at radius 2 is 1.79 bits per heavy atom. The van der Waals surface area contributed by atoms with Crippen LogP contribution < -0.4 is 5.32 Å². The number of allylic oxidation sites excluding steroid dienone is 2. The van der Waals surface area contributed by atoms with Crippen molar-refractivity contribution in [3.63, 3.8) is 0 Å². The number of anilines is 1. The molecule has 1 aromatic carbocycles. The van der Waals surface area contributed by atoms with Crippen LogP contribution in [0.2, 0.25) is 0 Å². The molecule has 0 bridgehead atoms. The van der Waals surface area contributed by atoms with Gasteiger partial charge in [-0.25, -0.2) is 0 Å². The summed E-state index contributed by atoms with van der Waals surface area (Å²) < 4.78 is 6.57. The van der Waals surface area contributed by atoms with Crippen LogP contribution in [0.5, 0.6) is 0 Å². The molecule has 0 radical (unpaired) electrons. The van der Waals surface area contributed by atoms with Gasteiger partial charge in [-0.15, -0.1) is 11.3 Å². The molecule has 0 amide bonds. The molecule has 5 nitrogen and oxygen atoms in total. The van der Waals surface area contributed by atoms with Crippen LogP contribution in [-0.2, 0) is 4.74 Å². The van der Waals surface area contributed by atoms with Crippen molar-refractivity contribution in [3.8, 4) is 18.2 Å². The Labute approximate surface area is 168 Å². The highest BCUT2D eigenvalue weighted by Gasteiger charge is 2.39. The minimum absolute atomic E-state index is 0.0469. The van der Waals surface area contributed by atoms with Crippen LogP contribution in [0, 0.1) is 34.0 Å². The first-order valence-electron chi connectivity index (χ1n) is 9.30. The van der Waals surface area contributed by atoms with Gasteiger partial charge < -0.3 is 10.1 Å². The Balaban J connectivity index is 1.75. The molecule has 1 aliphatic carbocycles. The average Bonchev–Trinajstić information content (AvgIpc) is 3.24. The number of nitrogens with zero attached hydrogens (tertiary/aromatic N) is 3. The van der Waals surface area contributed by atoms with Crippen LogP contribution in [0.3, 0.4) is 0 Å². The average molecular weight is 386 g/mol. The van der Waals surface area contributed by atoms with Crippen LogP contribution >= 0.6 is 11.3 Å². The fourth-order valence-corrected chi connectivity index (χ4v) is 5.27. The largest absolute Gasteiger partial charge is 0.365 e. The van der Waals surface area contributed by atoms with Gasteiger partial charge in [0, 0.05) is 22.0 Å². The molecule has 1 aromatic heterocycles. The Morgan fingerprint density at radius 1 is 1.00 bits per heavy atom. The van der Waals surface area contributed by atoms with Crippen LogP contribution in [0.25, 0.3) is 0 Å². The van der Waals surface area contributed by atoms with Gasteiger partial charge in [-0.2, -0.15) is 15.8 Å². The van der Waals surface area contributed by atoms with Gasteiger partial charge in [0.1, 0.15) is 30.0 Å². The number of benzene rings is 1.